The molecular weight excluding hydrogens is 271 g/mol. The second-order valence-corrected chi connectivity index (χ2v) is 4.40. The van der Waals surface area contributed by atoms with Gasteiger partial charge in [-0.3, -0.25) is 4.79 Å². The number of nitrogens with one attached hydrogen (secondary N) is 1. The molecule has 2 aromatic rings. The van der Waals surface area contributed by atoms with Crippen LogP contribution in [0.5, 0.6) is 0 Å². The number of carbonyl (C=O) groups is 1. The van der Waals surface area contributed by atoms with Gasteiger partial charge < -0.3 is 5.32 Å². The van der Waals surface area contributed by atoms with Crippen LogP contribution in [0.3, 0.4) is 0 Å². The minimum absolute atomic E-state index is 0.239. The van der Waals surface area contributed by atoms with Crippen molar-refractivity contribution in [3.8, 4) is 0 Å². The highest BCUT2D eigenvalue weighted by Crippen LogP contribution is 2.24. The molecule has 1 heterocycles. The van der Waals surface area contributed by atoms with Crippen molar-refractivity contribution >= 4 is 34.8 Å². The van der Waals surface area contributed by atoms with Crippen molar-refractivity contribution in [2.24, 2.45) is 0 Å². The lowest BCUT2D eigenvalue weighted by molar-refractivity contribution is -0.116. The molecule has 1 unspecified atom stereocenters. The van der Waals surface area contributed by atoms with E-state index in [1.807, 2.05) is 18.2 Å². The largest absolute Gasteiger partial charge is 0.322 e. The Morgan fingerprint density at radius 1 is 1.17 bits per heavy atom. The highest BCUT2D eigenvalue weighted by atomic mass is 35.5. The zero-order valence-electron chi connectivity index (χ0n) is 9.31. The maximum absolute atomic E-state index is 11.9. The molecule has 0 aliphatic rings. The van der Waals surface area contributed by atoms with Crippen LogP contribution in [-0.4, -0.2) is 10.9 Å². The Labute approximate surface area is 115 Å². The molecular formula is C13H10Cl2N2O. The molecule has 2 rings (SSSR count). The summed E-state index contributed by atoms with van der Waals surface area (Å²) in [5.41, 5.74) is 1.18. The number of pyridine rings is 1. The van der Waals surface area contributed by atoms with E-state index < -0.39 is 5.38 Å². The molecule has 3 nitrogen and oxygen atoms in total. The molecule has 0 saturated heterocycles. The summed E-state index contributed by atoms with van der Waals surface area (Å²) in [5, 5.41) is 2.12. The summed E-state index contributed by atoms with van der Waals surface area (Å²) in [6.07, 6.45) is 1.55. The number of halogens is 2. The fraction of sp³-hybridized carbons (Fsp3) is 0.0769. The highest BCUT2D eigenvalue weighted by Gasteiger charge is 2.18. The van der Waals surface area contributed by atoms with Gasteiger partial charge in [0.15, 0.2) is 5.15 Å². The zero-order chi connectivity index (χ0) is 13.0. The van der Waals surface area contributed by atoms with Crippen LogP contribution >= 0.6 is 23.2 Å². The van der Waals surface area contributed by atoms with Crippen LogP contribution in [0.25, 0.3) is 0 Å². The third-order valence-corrected chi connectivity index (χ3v) is 3.09. The van der Waals surface area contributed by atoms with Crippen molar-refractivity contribution in [2.45, 2.75) is 5.38 Å². The number of anilines is 1. The predicted octanol–water partition coefficient (Wildman–Crippen LogP) is 3.65. The molecule has 1 aromatic carbocycles. The van der Waals surface area contributed by atoms with Gasteiger partial charge in [0.2, 0.25) is 5.91 Å². The Hall–Kier alpha value is -1.58. The Morgan fingerprint density at radius 2 is 1.89 bits per heavy atom. The summed E-state index contributed by atoms with van der Waals surface area (Å²) < 4.78 is 0. The lowest BCUT2D eigenvalue weighted by Gasteiger charge is -2.11. The van der Waals surface area contributed by atoms with E-state index in [2.05, 4.69) is 10.3 Å². The van der Waals surface area contributed by atoms with E-state index in [9.17, 15) is 4.79 Å². The van der Waals surface area contributed by atoms with Gasteiger partial charge in [-0.2, -0.15) is 0 Å². The molecule has 0 aliphatic heterocycles. The monoisotopic (exact) mass is 280 g/mol. The lowest BCUT2D eigenvalue weighted by atomic mass is 10.1. The Balaban J connectivity index is 2.12. The van der Waals surface area contributed by atoms with Gasteiger partial charge in [-0.1, -0.05) is 41.9 Å². The molecule has 1 atom stereocenters. The van der Waals surface area contributed by atoms with Crippen molar-refractivity contribution in [1.82, 2.24) is 4.98 Å². The third kappa shape index (κ3) is 3.00. The fourth-order valence-electron chi connectivity index (χ4n) is 1.45. The van der Waals surface area contributed by atoms with Crippen LogP contribution in [0.2, 0.25) is 5.15 Å². The molecule has 1 aromatic heterocycles. The van der Waals surface area contributed by atoms with Gasteiger partial charge in [-0.25, -0.2) is 4.98 Å². The number of hydrogen-bond acceptors (Lipinski definition) is 2. The number of amides is 1. The van der Waals surface area contributed by atoms with Crippen molar-refractivity contribution in [3.63, 3.8) is 0 Å². The topological polar surface area (TPSA) is 42.0 Å². The first-order valence-electron chi connectivity index (χ1n) is 5.29. The molecule has 1 amide bonds. The van der Waals surface area contributed by atoms with E-state index in [-0.39, 0.29) is 11.1 Å². The van der Waals surface area contributed by atoms with Crippen LogP contribution in [0, 0.1) is 0 Å². The maximum Gasteiger partial charge on any atom is 0.247 e. The summed E-state index contributed by atoms with van der Waals surface area (Å²) in [6.45, 7) is 0. The smallest absolute Gasteiger partial charge is 0.247 e. The van der Waals surface area contributed by atoms with E-state index in [4.69, 9.17) is 23.2 Å². The number of alkyl halides is 1. The Morgan fingerprint density at radius 3 is 2.56 bits per heavy atom. The molecule has 0 bridgehead atoms. The van der Waals surface area contributed by atoms with E-state index in [1.54, 1.807) is 30.5 Å². The predicted molar refractivity (Wildman–Crippen MR) is 72.9 cm³/mol. The van der Waals surface area contributed by atoms with Crippen LogP contribution in [0.1, 0.15) is 10.9 Å². The summed E-state index contributed by atoms with van der Waals surface area (Å²) in [7, 11) is 0. The number of rotatable bonds is 3. The standard InChI is InChI=1S/C13H10Cl2N2O/c14-11(9-5-2-1-3-6-9)13(18)17-10-7-4-8-16-12(10)15/h1-8,11H,(H,17,18). The second-order valence-electron chi connectivity index (χ2n) is 3.60. The molecule has 1 N–H and O–H groups in total. The lowest BCUT2D eigenvalue weighted by Crippen LogP contribution is -2.17. The van der Waals surface area contributed by atoms with Gasteiger partial charge in [0, 0.05) is 6.20 Å². The molecule has 5 heteroatoms. The van der Waals surface area contributed by atoms with Gasteiger partial charge in [0.1, 0.15) is 5.38 Å². The number of carbonyl (C=O) groups excluding carboxylic acids is 1. The van der Waals surface area contributed by atoms with Crippen LogP contribution in [-0.2, 0) is 4.79 Å². The Kier molecular flexibility index (Phi) is 4.18. The van der Waals surface area contributed by atoms with Crippen molar-refractivity contribution in [2.75, 3.05) is 5.32 Å². The van der Waals surface area contributed by atoms with Gasteiger partial charge >= 0.3 is 0 Å². The van der Waals surface area contributed by atoms with Gasteiger partial charge in [-0.15, -0.1) is 11.6 Å². The van der Waals surface area contributed by atoms with Crippen LogP contribution in [0.15, 0.2) is 48.7 Å². The van der Waals surface area contributed by atoms with Gasteiger partial charge in [0.05, 0.1) is 5.69 Å². The molecule has 18 heavy (non-hydrogen) atoms. The highest BCUT2D eigenvalue weighted by molar-refractivity contribution is 6.35. The van der Waals surface area contributed by atoms with Gasteiger partial charge in [0.25, 0.3) is 0 Å². The zero-order valence-corrected chi connectivity index (χ0v) is 10.8. The van der Waals surface area contributed by atoms with Crippen LogP contribution in [0.4, 0.5) is 5.69 Å². The number of hydrogen-bond donors (Lipinski definition) is 1. The second kappa shape index (κ2) is 5.85. The first kappa shape index (κ1) is 12.9. The summed E-state index contributed by atoms with van der Waals surface area (Å²) in [5.74, 6) is -0.335. The molecule has 0 saturated carbocycles. The molecule has 0 radical (unpaired) electrons. The third-order valence-electron chi connectivity index (χ3n) is 2.34. The Bertz CT molecular complexity index is 546. The summed E-state index contributed by atoms with van der Waals surface area (Å²) >= 11 is 11.9. The van der Waals surface area contributed by atoms with Crippen molar-refractivity contribution in [1.29, 1.82) is 0 Å². The minimum Gasteiger partial charge on any atom is -0.322 e. The fourth-order valence-corrected chi connectivity index (χ4v) is 1.82. The average Bonchev–Trinajstić information content (AvgIpc) is 2.41. The first-order valence-corrected chi connectivity index (χ1v) is 6.10. The van der Waals surface area contributed by atoms with Crippen LogP contribution < -0.4 is 5.32 Å². The number of aromatic nitrogens is 1. The van der Waals surface area contributed by atoms with Gasteiger partial charge in [-0.05, 0) is 17.7 Å². The minimum atomic E-state index is -0.762. The summed E-state index contributed by atoms with van der Waals surface area (Å²) in [6, 6.07) is 12.5. The van der Waals surface area contributed by atoms with E-state index in [0.717, 1.165) is 5.56 Å². The normalized spacial score (nSPS) is 11.9. The van der Waals surface area contributed by atoms with Crippen molar-refractivity contribution in [3.05, 3.63) is 59.4 Å². The SMILES string of the molecule is O=C(Nc1cccnc1Cl)C(Cl)c1ccccc1. The quantitative estimate of drug-likeness (QED) is 0.689. The van der Waals surface area contributed by atoms with E-state index in [1.165, 1.54) is 0 Å². The maximum atomic E-state index is 11.9. The molecule has 0 spiro atoms. The van der Waals surface area contributed by atoms with E-state index >= 15 is 0 Å². The first-order chi connectivity index (χ1) is 8.68. The number of nitrogens with zero attached hydrogens (tertiary/aromatic N) is 1. The van der Waals surface area contributed by atoms with Crippen molar-refractivity contribution < 1.29 is 4.79 Å². The molecule has 0 aliphatic carbocycles. The molecule has 92 valence electrons. The van der Waals surface area contributed by atoms with E-state index in [0.29, 0.717) is 5.69 Å². The number of benzene rings is 1. The average molecular weight is 281 g/mol. The molecule has 0 fully saturated rings. The summed E-state index contributed by atoms with van der Waals surface area (Å²) in [4.78, 5) is 15.8.